The number of hydrogen-bond acceptors (Lipinski definition) is 4. The Labute approximate surface area is 95.7 Å². The van der Waals surface area contributed by atoms with Crippen molar-refractivity contribution in [2.45, 2.75) is 19.6 Å². The molecule has 0 amide bonds. The molecule has 0 radical (unpaired) electrons. The molecule has 2 N–H and O–H groups in total. The zero-order chi connectivity index (χ0) is 11.1. The molecule has 0 bridgehead atoms. The van der Waals surface area contributed by atoms with Gasteiger partial charge in [-0.15, -0.1) is 11.3 Å². The molecule has 1 heterocycles. The van der Waals surface area contributed by atoms with E-state index in [2.05, 4.69) is 27.7 Å². The van der Waals surface area contributed by atoms with Crippen LogP contribution in [0, 0.1) is 0 Å². The van der Waals surface area contributed by atoms with Crippen molar-refractivity contribution < 1.29 is 5.11 Å². The van der Waals surface area contributed by atoms with Crippen molar-refractivity contribution in [2.75, 3.05) is 26.7 Å². The molecule has 0 aliphatic heterocycles. The average molecular weight is 228 g/mol. The third-order valence-corrected chi connectivity index (χ3v) is 3.02. The van der Waals surface area contributed by atoms with E-state index in [1.54, 1.807) is 11.3 Å². The number of thiophene rings is 1. The van der Waals surface area contributed by atoms with Crippen molar-refractivity contribution in [1.82, 2.24) is 10.2 Å². The summed E-state index contributed by atoms with van der Waals surface area (Å²) in [5.74, 6) is 0. The van der Waals surface area contributed by atoms with Crippen LogP contribution < -0.4 is 5.32 Å². The van der Waals surface area contributed by atoms with E-state index in [1.165, 1.54) is 4.88 Å². The monoisotopic (exact) mass is 228 g/mol. The van der Waals surface area contributed by atoms with Gasteiger partial charge in [0.2, 0.25) is 0 Å². The summed E-state index contributed by atoms with van der Waals surface area (Å²) >= 11 is 1.76. The Hall–Kier alpha value is -0.420. The van der Waals surface area contributed by atoms with Gasteiger partial charge in [0.05, 0.1) is 6.10 Å². The number of nitrogens with zero attached hydrogens (tertiary/aromatic N) is 1. The van der Waals surface area contributed by atoms with Crippen molar-refractivity contribution in [1.29, 1.82) is 0 Å². The summed E-state index contributed by atoms with van der Waals surface area (Å²) in [5.41, 5.74) is 0. The van der Waals surface area contributed by atoms with E-state index in [9.17, 15) is 5.11 Å². The fraction of sp³-hybridized carbons (Fsp3) is 0.636. The molecular formula is C11H20N2OS. The van der Waals surface area contributed by atoms with Crippen LogP contribution in [-0.2, 0) is 6.54 Å². The molecule has 3 nitrogen and oxygen atoms in total. The second kappa shape index (κ2) is 6.95. The number of aliphatic hydroxyl groups is 1. The Morgan fingerprint density at radius 1 is 1.60 bits per heavy atom. The molecular weight excluding hydrogens is 208 g/mol. The van der Waals surface area contributed by atoms with Crippen LogP contribution in [0.1, 0.15) is 11.8 Å². The van der Waals surface area contributed by atoms with E-state index in [0.717, 1.165) is 13.1 Å². The number of likely N-dealkylation sites (N-methyl/N-ethyl adjacent to an activating group) is 2. The highest BCUT2D eigenvalue weighted by molar-refractivity contribution is 7.09. The van der Waals surface area contributed by atoms with Crippen LogP contribution in [0.2, 0.25) is 0 Å². The van der Waals surface area contributed by atoms with Gasteiger partial charge in [-0.05, 0) is 25.0 Å². The molecule has 1 rings (SSSR count). The number of nitrogens with one attached hydrogen (secondary N) is 1. The van der Waals surface area contributed by atoms with Gasteiger partial charge in [-0.3, -0.25) is 4.90 Å². The molecule has 0 aliphatic rings. The predicted octanol–water partition coefficient (Wildman–Crippen LogP) is 1.15. The third kappa shape index (κ3) is 5.28. The summed E-state index contributed by atoms with van der Waals surface area (Å²) in [5, 5.41) is 14.9. The van der Waals surface area contributed by atoms with Gasteiger partial charge >= 0.3 is 0 Å². The van der Waals surface area contributed by atoms with Crippen molar-refractivity contribution >= 4 is 11.3 Å². The van der Waals surface area contributed by atoms with E-state index in [1.807, 2.05) is 14.0 Å². The van der Waals surface area contributed by atoms with Crippen molar-refractivity contribution in [3.63, 3.8) is 0 Å². The van der Waals surface area contributed by atoms with Gasteiger partial charge in [-0.1, -0.05) is 13.0 Å². The summed E-state index contributed by atoms with van der Waals surface area (Å²) in [6, 6.07) is 4.18. The summed E-state index contributed by atoms with van der Waals surface area (Å²) in [4.78, 5) is 3.49. The minimum atomic E-state index is -0.282. The second-order valence-electron chi connectivity index (χ2n) is 3.74. The van der Waals surface area contributed by atoms with Crippen molar-refractivity contribution in [3.8, 4) is 0 Å². The number of rotatable bonds is 7. The molecule has 0 fully saturated rings. The second-order valence-corrected chi connectivity index (χ2v) is 4.77. The highest BCUT2D eigenvalue weighted by Crippen LogP contribution is 2.10. The SMILES string of the molecule is CCNCC(O)CN(C)Cc1cccs1. The predicted molar refractivity (Wildman–Crippen MR) is 65.2 cm³/mol. The van der Waals surface area contributed by atoms with Gasteiger partial charge in [0.1, 0.15) is 0 Å². The fourth-order valence-electron chi connectivity index (χ4n) is 1.47. The van der Waals surface area contributed by atoms with E-state index < -0.39 is 0 Å². The first-order valence-corrected chi connectivity index (χ1v) is 6.20. The lowest BCUT2D eigenvalue weighted by molar-refractivity contribution is 0.122. The Morgan fingerprint density at radius 3 is 3.00 bits per heavy atom. The minimum absolute atomic E-state index is 0.282. The lowest BCUT2D eigenvalue weighted by Crippen LogP contribution is -2.36. The van der Waals surface area contributed by atoms with Gasteiger partial charge in [0, 0.05) is 24.5 Å². The molecule has 1 atom stereocenters. The van der Waals surface area contributed by atoms with Gasteiger partial charge < -0.3 is 10.4 Å². The molecule has 0 aromatic carbocycles. The Morgan fingerprint density at radius 2 is 2.40 bits per heavy atom. The molecule has 1 aromatic heterocycles. The summed E-state index contributed by atoms with van der Waals surface area (Å²) in [6.45, 7) is 5.25. The fourth-order valence-corrected chi connectivity index (χ4v) is 2.25. The molecule has 4 heteroatoms. The Kier molecular flexibility index (Phi) is 5.86. The molecule has 1 aromatic rings. The molecule has 1 unspecified atom stereocenters. The highest BCUT2D eigenvalue weighted by atomic mass is 32.1. The van der Waals surface area contributed by atoms with Gasteiger partial charge in [-0.25, -0.2) is 0 Å². The molecule has 0 saturated carbocycles. The molecule has 86 valence electrons. The molecule has 0 spiro atoms. The first kappa shape index (κ1) is 12.6. The molecule has 15 heavy (non-hydrogen) atoms. The Bertz CT molecular complexity index is 251. The van der Waals surface area contributed by atoms with Crippen LogP contribution >= 0.6 is 11.3 Å². The van der Waals surface area contributed by atoms with Gasteiger partial charge in [-0.2, -0.15) is 0 Å². The maximum absolute atomic E-state index is 9.68. The summed E-state index contributed by atoms with van der Waals surface area (Å²) < 4.78 is 0. The van der Waals surface area contributed by atoms with Crippen LogP contribution in [0.15, 0.2) is 17.5 Å². The maximum Gasteiger partial charge on any atom is 0.0791 e. The highest BCUT2D eigenvalue weighted by Gasteiger charge is 2.08. The van der Waals surface area contributed by atoms with Crippen LogP contribution in [0.4, 0.5) is 0 Å². The number of aliphatic hydroxyl groups excluding tert-OH is 1. The summed E-state index contributed by atoms with van der Waals surface area (Å²) in [7, 11) is 2.04. The quantitative estimate of drug-likeness (QED) is 0.735. The van der Waals surface area contributed by atoms with Crippen molar-refractivity contribution in [2.24, 2.45) is 0 Å². The Balaban J connectivity index is 2.20. The summed E-state index contributed by atoms with van der Waals surface area (Å²) in [6.07, 6.45) is -0.282. The topological polar surface area (TPSA) is 35.5 Å². The van der Waals surface area contributed by atoms with Crippen LogP contribution in [-0.4, -0.2) is 42.8 Å². The minimum Gasteiger partial charge on any atom is -0.390 e. The zero-order valence-corrected chi connectivity index (χ0v) is 10.3. The molecule has 0 aliphatic carbocycles. The average Bonchev–Trinajstić information content (AvgIpc) is 2.67. The first-order chi connectivity index (χ1) is 7.22. The van der Waals surface area contributed by atoms with Crippen LogP contribution in [0.3, 0.4) is 0 Å². The lowest BCUT2D eigenvalue weighted by atomic mass is 10.3. The van der Waals surface area contributed by atoms with E-state index >= 15 is 0 Å². The third-order valence-electron chi connectivity index (χ3n) is 2.16. The van der Waals surface area contributed by atoms with Crippen LogP contribution in [0.25, 0.3) is 0 Å². The lowest BCUT2D eigenvalue weighted by Gasteiger charge is -2.19. The van der Waals surface area contributed by atoms with Gasteiger partial charge in [0.15, 0.2) is 0 Å². The van der Waals surface area contributed by atoms with E-state index in [4.69, 9.17) is 0 Å². The van der Waals surface area contributed by atoms with E-state index in [-0.39, 0.29) is 6.10 Å². The number of hydrogen-bond donors (Lipinski definition) is 2. The molecule has 0 saturated heterocycles. The smallest absolute Gasteiger partial charge is 0.0791 e. The van der Waals surface area contributed by atoms with Crippen molar-refractivity contribution in [3.05, 3.63) is 22.4 Å². The maximum atomic E-state index is 9.68. The standard InChI is InChI=1S/C11H20N2OS/c1-3-12-7-10(14)8-13(2)9-11-5-4-6-15-11/h4-6,10,12,14H,3,7-9H2,1-2H3. The zero-order valence-electron chi connectivity index (χ0n) is 9.44. The first-order valence-electron chi connectivity index (χ1n) is 5.32. The normalized spacial score (nSPS) is 13.3. The van der Waals surface area contributed by atoms with E-state index in [0.29, 0.717) is 13.1 Å². The van der Waals surface area contributed by atoms with Gasteiger partial charge in [0.25, 0.3) is 0 Å². The largest absolute Gasteiger partial charge is 0.390 e. The van der Waals surface area contributed by atoms with Crippen LogP contribution in [0.5, 0.6) is 0 Å².